The van der Waals surface area contributed by atoms with Crippen LogP contribution in [0.4, 0.5) is 0 Å². The van der Waals surface area contributed by atoms with Crippen LogP contribution in [0.25, 0.3) is 11.1 Å². The van der Waals surface area contributed by atoms with Gasteiger partial charge in [0.1, 0.15) is 11.1 Å². The molecule has 0 saturated heterocycles. The van der Waals surface area contributed by atoms with E-state index in [1.165, 1.54) is 6.07 Å². The van der Waals surface area contributed by atoms with E-state index in [-0.39, 0.29) is 17.2 Å². The van der Waals surface area contributed by atoms with E-state index in [1.54, 1.807) is 6.07 Å². The van der Waals surface area contributed by atoms with Gasteiger partial charge in [0.15, 0.2) is 0 Å². The second-order valence-corrected chi connectivity index (χ2v) is 8.22. The number of hydrogen-bond donors (Lipinski definition) is 2. The predicted molar refractivity (Wildman–Crippen MR) is 97.8 cm³/mol. The van der Waals surface area contributed by atoms with Crippen molar-refractivity contribution in [2.45, 2.75) is 40.2 Å². The summed E-state index contributed by atoms with van der Waals surface area (Å²) in [5.41, 5.74) is 2.81. The van der Waals surface area contributed by atoms with Gasteiger partial charge in [-0.05, 0) is 49.4 Å². The summed E-state index contributed by atoms with van der Waals surface area (Å²) >= 11 is 0. The Morgan fingerprint density at radius 1 is 1.00 bits per heavy atom. The Kier molecular flexibility index (Phi) is 5.87. The lowest BCUT2D eigenvalue weighted by molar-refractivity contribution is 0.194. The first-order valence-electron chi connectivity index (χ1n) is 8.10. The van der Waals surface area contributed by atoms with Crippen LogP contribution in [-0.4, -0.2) is 15.9 Å². The van der Waals surface area contributed by atoms with Gasteiger partial charge >= 0.3 is 7.60 Å². The lowest BCUT2D eigenvalue weighted by Crippen LogP contribution is -2.19. The minimum absolute atomic E-state index is 0.0591. The Labute approximate surface area is 143 Å². The van der Waals surface area contributed by atoms with Crippen LogP contribution in [-0.2, 0) is 4.57 Å². The lowest BCUT2D eigenvalue weighted by atomic mass is 10.0. The zero-order valence-electron chi connectivity index (χ0n) is 14.6. The minimum Gasteiger partial charge on any atom is -0.490 e. The van der Waals surface area contributed by atoms with Crippen molar-refractivity contribution in [2.75, 3.05) is 0 Å². The highest BCUT2D eigenvalue weighted by molar-refractivity contribution is 7.60. The fraction of sp³-hybridized carbons (Fsp3) is 0.368. The molecule has 2 aromatic carbocycles. The molecule has 2 N–H and O–H groups in total. The molecule has 130 valence electrons. The summed E-state index contributed by atoms with van der Waals surface area (Å²) in [6.45, 7) is 8.09. The second-order valence-electron chi connectivity index (χ2n) is 6.65. The summed E-state index contributed by atoms with van der Waals surface area (Å²) in [4.78, 5) is 19.4. The smallest absolute Gasteiger partial charge is 0.359 e. The third kappa shape index (κ3) is 4.94. The van der Waals surface area contributed by atoms with Crippen LogP contribution < -0.4 is 10.0 Å². The van der Waals surface area contributed by atoms with Gasteiger partial charge in [0.2, 0.25) is 0 Å². The Bertz CT molecular complexity index is 732. The number of aryl methyl sites for hydroxylation is 1. The zero-order valence-corrected chi connectivity index (χ0v) is 15.5. The Morgan fingerprint density at radius 3 is 2.12 bits per heavy atom. The molecular weight excluding hydrogens is 323 g/mol. The average Bonchev–Trinajstić information content (AvgIpc) is 2.46. The standard InChI is InChI=1S/C19H25O4P/c1-13(2)11-15(4)23-18-10-9-17(12-19(18)24(20,21)22)16-7-5-14(3)6-8-16/h5-10,12-13,15H,11H2,1-4H3,(H2,20,21,22). The molecule has 24 heavy (non-hydrogen) atoms. The van der Waals surface area contributed by atoms with Crippen LogP contribution in [0, 0.1) is 12.8 Å². The molecule has 0 fully saturated rings. The topological polar surface area (TPSA) is 66.8 Å². The summed E-state index contributed by atoms with van der Waals surface area (Å²) in [7, 11) is -4.43. The molecule has 0 saturated carbocycles. The first kappa shape index (κ1) is 18.7. The molecule has 1 atom stereocenters. The van der Waals surface area contributed by atoms with Crippen molar-refractivity contribution < 1.29 is 19.1 Å². The van der Waals surface area contributed by atoms with Gasteiger partial charge in [0.05, 0.1) is 6.10 Å². The SMILES string of the molecule is Cc1ccc(-c2ccc(OC(C)CC(C)C)c(P(=O)(O)O)c2)cc1. The Morgan fingerprint density at radius 2 is 1.58 bits per heavy atom. The fourth-order valence-corrected chi connectivity index (χ4v) is 3.42. The number of rotatable bonds is 6. The average molecular weight is 348 g/mol. The minimum atomic E-state index is -4.43. The highest BCUT2D eigenvalue weighted by Crippen LogP contribution is 2.39. The molecule has 0 aromatic heterocycles. The molecule has 0 spiro atoms. The molecule has 0 amide bonds. The van der Waals surface area contributed by atoms with Crippen molar-refractivity contribution >= 4 is 12.9 Å². The molecule has 0 radical (unpaired) electrons. The van der Waals surface area contributed by atoms with Crippen LogP contribution in [0.1, 0.15) is 32.8 Å². The predicted octanol–water partition coefficient (Wildman–Crippen LogP) is 4.28. The van der Waals surface area contributed by atoms with Crippen molar-refractivity contribution in [1.82, 2.24) is 0 Å². The van der Waals surface area contributed by atoms with Crippen LogP contribution in [0.5, 0.6) is 5.75 Å². The van der Waals surface area contributed by atoms with Gasteiger partial charge in [-0.25, -0.2) is 0 Å². The van der Waals surface area contributed by atoms with Crippen molar-refractivity contribution in [3.05, 3.63) is 48.0 Å². The van der Waals surface area contributed by atoms with E-state index in [4.69, 9.17) is 4.74 Å². The van der Waals surface area contributed by atoms with Gasteiger partial charge in [-0.15, -0.1) is 0 Å². The van der Waals surface area contributed by atoms with Crippen LogP contribution in [0.15, 0.2) is 42.5 Å². The van der Waals surface area contributed by atoms with Crippen molar-refractivity contribution in [1.29, 1.82) is 0 Å². The molecule has 2 rings (SSSR count). The summed E-state index contributed by atoms with van der Waals surface area (Å²) < 4.78 is 17.7. The number of ether oxygens (including phenoxy) is 1. The van der Waals surface area contributed by atoms with Crippen LogP contribution in [0.2, 0.25) is 0 Å². The van der Waals surface area contributed by atoms with Crippen molar-refractivity contribution in [3.63, 3.8) is 0 Å². The normalized spacial score (nSPS) is 13.1. The first-order valence-corrected chi connectivity index (χ1v) is 9.72. The summed E-state index contributed by atoms with van der Waals surface area (Å²) in [6.07, 6.45) is 0.709. The molecule has 0 bridgehead atoms. The maximum Gasteiger partial charge on any atom is 0.359 e. The van der Waals surface area contributed by atoms with Gasteiger partial charge in [-0.1, -0.05) is 49.7 Å². The molecule has 4 nitrogen and oxygen atoms in total. The summed E-state index contributed by atoms with van der Waals surface area (Å²) in [6, 6.07) is 12.8. The highest BCUT2D eigenvalue weighted by atomic mass is 31.2. The van der Waals surface area contributed by atoms with Crippen LogP contribution >= 0.6 is 7.60 Å². The van der Waals surface area contributed by atoms with Crippen LogP contribution in [0.3, 0.4) is 0 Å². The van der Waals surface area contributed by atoms with E-state index in [1.807, 2.05) is 44.2 Å². The second kappa shape index (κ2) is 7.52. The zero-order chi connectivity index (χ0) is 17.9. The lowest BCUT2D eigenvalue weighted by Gasteiger charge is -2.20. The third-order valence-electron chi connectivity index (χ3n) is 3.79. The molecule has 0 heterocycles. The van der Waals surface area contributed by atoms with Crippen molar-refractivity contribution in [2.24, 2.45) is 5.92 Å². The molecule has 0 aliphatic carbocycles. The number of benzene rings is 2. The molecule has 2 aromatic rings. The highest BCUT2D eigenvalue weighted by Gasteiger charge is 2.24. The molecule has 0 aliphatic rings. The Hall–Kier alpha value is -1.61. The van der Waals surface area contributed by atoms with E-state index in [0.29, 0.717) is 5.92 Å². The van der Waals surface area contributed by atoms with E-state index in [2.05, 4.69) is 13.8 Å². The van der Waals surface area contributed by atoms with Gasteiger partial charge < -0.3 is 14.5 Å². The largest absolute Gasteiger partial charge is 0.490 e. The molecule has 0 aliphatic heterocycles. The Balaban J connectivity index is 2.39. The van der Waals surface area contributed by atoms with Gasteiger partial charge in [0, 0.05) is 0 Å². The van der Waals surface area contributed by atoms with Gasteiger partial charge in [0.25, 0.3) is 0 Å². The summed E-state index contributed by atoms with van der Waals surface area (Å²) in [5, 5.41) is -0.0591. The molecular formula is C19H25O4P. The van der Waals surface area contributed by atoms with E-state index in [9.17, 15) is 14.4 Å². The maximum absolute atomic E-state index is 11.9. The molecule has 5 heteroatoms. The fourth-order valence-electron chi connectivity index (χ4n) is 2.70. The van der Waals surface area contributed by atoms with E-state index in [0.717, 1.165) is 23.1 Å². The monoisotopic (exact) mass is 348 g/mol. The van der Waals surface area contributed by atoms with Gasteiger partial charge in [-0.2, -0.15) is 0 Å². The third-order valence-corrected chi connectivity index (χ3v) is 4.77. The van der Waals surface area contributed by atoms with E-state index >= 15 is 0 Å². The first-order chi connectivity index (χ1) is 11.2. The van der Waals surface area contributed by atoms with Gasteiger partial charge in [-0.3, -0.25) is 4.57 Å². The van der Waals surface area contributed by atoms with Crippen molar-refractivity contribution in [3.8, 4) is 16.9 Å². The number of hydrogen-bond acceptors (Lipinski definition) is 2. The molecule has 1 unspecified atom stereocenters. The maximum atomic E-state index is 11.9. The van der Waals surface area contributed by atoms with E-state index < -0.39 is 7.60 Å². The quantitative estimate of drug-likeness (QED) is 0.765. The summed E-state index contributed by atoms with van der Waals surface area (Å²) in [5.74, 6) is 0.706.